The highest BCUT2D eigenvalue weighted by Crippen LogP contribution is 2.23. The lowest BCUT2D eigenvalue weighted by Crippen LogP contribution is -2.51. The molecule has 0 bridgehead atoms. The molecule has 0 spiro atoms. The Morgan fingerprint density at radius 2 is 1.89 bits per heavy atom. The Kier molecular flexibility index (Phi) is 5.05. The van der Waals surface area contributed by atoms with Crippen molar-refractivity contribution in [2.24, 2.45) is 5.92 Å². The van der Waals surface area contributed by atoms with E-state index in [2.05, 4.69) is 38.0 Å². The third-order valence-electron chi connectivity index (χ3n) is 4.74. The minimum atomic E-state index is 0.458. The van der Waals surface area contributed by atoms with Gasteiger partial charge in [-0.05, 0) is 52.1 Å². The second kappa shape index (κ2) is 6.36. The number of rotatable bonds is 3. The van der Waals surface area contributed by atoms with Crippen molar-refractivity contribution in [3.63, 3.8) is 0 Å². The highest BCUT2D eigenvalue weighted by atomic mass is 16.5. The second-order valence-corrected chi connectivity index (χ2v) is 6.59. The number of nitrogens with zero attached hydrogens (tertiary/aromatic N) is 1. The summed E-state index contributed by atoms with van der Waals surface area (Å²) in [5.41, 5.74) is 0. The predicted octanol–water partition coefficient (Wildman–Crippen LogP) is 2.26. The predicted molar refractivity (Wildman–Crippen MR) is 75.8 cm³/mol. The average Bonchev–Trinajstić information content (AvgIpc) is 2.34. The van der Waals surface area contributed by atoms with Crippen molar-refractivity contribution in [2.75, 3.05) is 20.2 Å². The molecule has 4 unspecified atom stereocenters. The molecule has 2 fully saturated rings. The molecule has 0 aromatic carbocycles. The number of nitrogens with one attached hydrogen (secondary N) is 1. The SMILES string of the molecule is CC(C)C1CC(NC2CCN(C)C(C)C2)CCO1. The Morgan fingerprint density at radius 3 is 2.56 bits per heavy atom. The fraction of sp³-hybridized carbons (Fsp3) is 1.00. The normalized spacial score (nSPS) is 39.2. The lowest BCUT2D eigenvalue weighted by molar-refractivity contribution is -0.0274. The monoisotopic (exact) mass is 254 g/mol. The lowest BCUT2D eigenvalue weighted by atomic mass is 9.92. The van der Waals surface area contributed by atoms with Gasteiger partial charge < -0.3 is 15.0 Å². The third-order valence-corrected chi connectivity index (χ3v) is 4.74. The first-order valence-corrected chi connectivity index (χ1v) is 7.64. The van der Waals surface area contributed by atoms with E-state index in [1.54, 1.807) is 0 Å². The Morgan fingerprint density at radius 1 is 1.17 bits per heavy atom. The molecule has 0 radical (unpaired) electrons. The minimum absolute atomic E-state index is 0.458. The van der Waals surface area contributed by atoms with E-state index in [0.29, 0.717) is 24.1 Å². The first-order valence-electron chi connectivity index (χ1n) is 7.64. The number of hydrogen-bond acceptors (Lipinski definition) is 3. The summed E-state index contributed by atoms with van der Waals surface area (Å²) >= 11 is 0. The minimum Gasteiger partial charge on any atom is -0.378 e. The van der Waals surface area contributed by atoms with Gasteiger partial charge in [0.15, 0.2) is 0 Å². The van der Waals surface area contributed by atoms with Gasteiger partial charge in [0.1, 0.15) is 0 Å². The first kappa shape index (κ1) is 14.3. The van der Waals surface area contributed by atoms with Crippen molar-refractivity contribution in [3.05, 3.63) is 0 Å². The van der Waals surface area contributed by atoms with Crippen LogP contribution in [0.1, 0.15) is 46.5 Å². The van der Waals surface area contributed by atoms with Gasteiger partial charge in [0, 0.05) is 24.7 Å². The van der Waals surface area contributed by atoms with Crippen molar-refractivity contribution in [1.29, 1.82) is 0 Å². The topological polar surface area (TPSA) is 24.5 Å². The van der Waals surface area contributed by atoms with Crippen LogP contribution >= 0.6 is 0 Å². The molecule has 18 heavy (non-hydrogen) atoms. The van der Waals surface area contributed by atoms with Crippen molar-refractivity contribution in [2.45, 2.75) is 70.7 Å². The molecule has 0 aliphatic carbocycles. The highest BCUT2D eigenvalue weighted by molar-refractivity contribution is 4.86. The molecule has 4 atom stereocenters. The molecule has 3 heteroatoms. The molecule has 2 heterocycles. The van der Waals surface area contributed by atoms with Gasteiger partial charge in [-0.15, -0.1) is 0 Å². The van der Waals surface area contributed by atoms with Gasteiger partial charge in [-0.25, -0.2) is 0 Å². The maximum Gasteiger partial charge on any atom is 0.0612 e. The van der Waals surface area contributed by atoms with E-state index in [0.717, 1.165) is 12.6 Å². The van der Waals surface area contributed by atoms with Crippen LogP contribution < -0.4 is 5.32 Å². The molecule has 0 saturated carbocycles. The Labute approximate surface area is 112 Å². The molecule has 2 aliphatic heterocycles. The molecule has 106 valence electrons. The van der Waals surface area contributed by atoms with Gasteiger partial charge in [0.05, 0.1) is 6.10 Å². The van der Waals surface area contributed by atoms with Crippen LogP contribution in [0.2, 0.25) is 0 Å². The van der Waals surface area contributed by atoms with Crippen LogP contribution in [0.3, 0.4) is 0 Å². The molecular weight excluding hydrogens is 224 g/mol. The van der Waals surface area contributed by atoms with E-state index < -0.39 is 0 Å². The van der Waals surface area contributed by atoms with Gasteiger partial charge in [0.2, 0.25) is 0 Å². The summed E-state index contributed by atoms with van der Waals surface area (Å²) in [6, 6.07) is 2.11. The largest absolute Gasteiger partial charge is 0.378 e. The van der Waals surface area contributed by atoms with Crippen LogP contribution in [0.15, 0.2) is 0 Å². The number of likely N-dealkylation sites (tertiary alicyclic amines) is 1. The van der Waals surface area contributed by atoms with Crippen molar-refractivity contribution in [3.8, 4) is 0 Å². The number of hydrogen-bond donors (Lipinski definition) is 1. The molecule has 0 amide bonds. The van der Waals surface area contributed by atoms with Crippen LogP contribution in [0, 0.1) is 5.92 Å². The number of ether oxygens (including phenoxy) is 1. The standard InChI is InChI=1S/C15H30N2O/c1-11(2)15-10-14(6-8-18-15)16-13-5-7-17(4)12(3)9-13/h11-16H,5-10H2,1-4H3. The molecule has 2 saturated heterocycles. The van der Waals surface area contributed by atoms with Crippen molar-refractivity contribution >= 4 is 0 Å². The molecule has 0 aromatic rings. The van der Waals surface area contributed by atoms with E-state index in [4.69, 9.17) is 4.74 Å². The fourth-order valence-corrected chi connectivity index (χ4v) is 3.22. The quantitative estimate of drug-likeness (QED) is 0.836. The zero-order valence-corrected chi connectivity index (χ0v) is 12.5. The highest BCUT2D eigenvalue weighted by Gasteiger charge is 2.29. The molecule has 0 aromatic heterocycles. The van der Waals surface area contributed by atoms with Gasteiger partial charge in [0.25, 0.3) is 0 Å². The lowest BCUT2D eigenvalue weighted by Gasteiger charge is -2.39. The smallest absolute Gasteiger partial charge is 0.0612 e. The summed E-state index contributed by atoms with van der Waals surface area (Å²) in [7, 11) is 2.24. The number of piperidine rings is 1. The van der Waals surface area contributed by atoms with Crippen LogP contribution in [0.25, 0.3) is 0 Å². The van der Waals surface area contributed by atoms with E-state index in [1.165, 1.54) is 32.2 Å². The van der Waals surface area contributed by atoms with Gasteiger partial charge in [-0.3, -0.25) is 0 Å². The maximum atomic E-state index is 5.85. The Hall–Kier alpha value is -0.120. The van der Waals surface area contributed by atoms with Crippen molar-refractivity contribution < 1.29 is 4.74 Å². The molecule has 3 nitrogen and oxygen atoms in total. The van der Waals surface area contributed by atoms with Gasteiger partial charge >= 0.3 is 0 Å². The van der Waals surface area contributed by atoms with E-state index >= 15 is 0 Å². The zero-order chi connectivity index (χ0) is 13.1. The van der Waals surface area contributed by atoms with Gasteiger partial charge in [-0.2, -0.15) is 0 Å². The molecule has 1 N–H and O–H groups in total. The molecular formula is C15H30N2O. The van der Waals surface area contributed by atoms with Crippen molar-refractivity contribution in [1.82, 2.24) is 10.2 Å². The van der Waals surface area contributed by atoms with E-state index in [-0.39, 0.29) is 0 Å². The van der Waals surface area contributed by atoms with E-state index in [1.807, 2.05) is 0 Å². The van der Waals surface area contributed by atoms with Crippen LogP contribution in [0.5, 0.6) is 0 Å². The van der Waals surface area contributed by atoms with Crippen LogP contribution in [0.4, 0.5) is 0 Å². The summed E-state index contributed by atoms with van der Waals surface area (Å²) in [6.07, 6.45) is 5.42. The first-order chi connectivity index (χ1) is 8.56. The zero-order valence-electron chi connectivity index (χ0n) is 12.5. The van der Waals surface area contributed by atoms with E-state index in [9.17, 15) is 0 Å². The second-order valence-electron chi connectivity index (χ2n) is 6.59. The summed E-state index contributed by atoms with van der Waals surface area (Å²) in [4.78, 5) is 2.47. The third kappa shape index (κ3) is 3.69. The summed E-state index contributed by atoms with van der Waals surface area (Å²) < 4.78 is 5.85. The molecule has 2 rings (SSSR count). The fourth-order valence-electron chi connectivity index (χ4n) is 3.22. The Balaban J connectivity index is 1.79. The molecule has 2 aliphatic rings. The maximum absolute atomic E-state index is 5.85. The van der Waals surface area contributed by atoms with Crippen LogP contribution in [-0.2, 0) is 4.74 Å². The van der Waals surface area contributed by atoms with Gasteiger partial charge in [-0.1, -0.05) is 13.8 Å². The average molecular weight is 254 g/mol. The summed E-state index contributed by atoms with van der Waals surface area (Å²) in [5.74, 6) is 0.644. The Bertz CT molecular complexity index is 257. The summed E-state index contributed by atoms with van der Waals surface area (Å²) in [6.45, 7) is 9.04. The van der Waals surface area contributed by atoms with Crippen LogP contribution in [-0.4, -0.2) is 49.3 Å². The summed E-state index contributed by atoms with van der Waals surface area (Å²) in [5, 5.41) is 3.89.